The van der Waals surface area contributed by atoms with Crippen molar-refractivity contribution in [3.63, 3.8) is 0 Å². The minimum Gasteiger partial charge on any atom is -0.494 e. The molecule has 8 heteroatoms. The zero-order valence-corrected chi connectivity index (χ0v) is 14.2. The van der Waals surface area contributed by atoms with Gasteiger partial charge in [0.05, 0.1) is 6.61 Å². The molecule has 1 N–H and O–H groups in total. The lowest BCUT2D eigenvalue weighted by Crippen LogP contribution is -2.11. The molecule has 0 amide bonds. The van der Waals surface area contributed by atoms with E-state index in [1.54, 1.807) is 0 Å². The quantitative estimate of drug-likeness (QED) is 0.641. The van der Waals surface area contributed by atoms with Gasteiger partial charge in [-0.2, -0.15) is 8.42 Å². The van der Waals surface area contributed by atoms with Crippen LogP contribution in [0.5, 0.6) is 5.75 Å². The van der Waals surface area contributed by atoms with Crippen LogP contribution >= 0.6 is 0 Å². The van der Waals surface area contributed by atoms with Gasteiger partial charge in [-0.3, -0.25) is 9.23 Å². The van der Waals surface area contributed by atoms with Crippen LogP contribution in [-0.4, -0.2) is 34.3 Å². The summed E-state index contributed by atoms with van der Waals surface area (Å²) in [5.74, 6) is 0.801. The van der Waals surface area contributed by atoms with Crippen LogP contribution in [0.4, 0.5) is 0 Å². The zero-order valence-electron chi connectivity index (χ0n) is 13.4. The number of benzene rings is 1. The van der Waals surface area contributed by atoms with E-state index in [1.165, 1.54) is 16.6 Å². The monoisotopic (exact) mass is 339 g/mol. The van der Waals surface area contributed by atoms with Gasteiger partial charge in [0.2, 0.25) is 0 Å². The second-order valence-corrected chi connectivity index (χ2v) is 7.56. The molecule has 0 fully saturated rings. The molecule has 0 spiro atoms. The minimum atomic E-state index is -4.35. The molecular weight excluding hydrogens is 318 g/mol. The number of hydrogen-bond donors (Lipinski definition) is 1. The lowest BCUT2D eigenvalue weighted by atomic mass is 9.87. The highest BCUT2D eigenvalue weighted by Crippen LogP contribution is 2.25. The molecule has 0 atom stereocenters. The molecule has 0 aliphatic carbocycles. The van der Waals surface area contributed by atoms with Crippen LogP contribution in [0.15, 0.2) is 35.7 Å². The van der Waals surface area contributed by atoms with Crippen LogP contribution in [0, 0.1) is 0 Å². The van der Waals surface area contributed by atoms with E-state index in [4.69, 9.17) is 9.29 Å². The molecule has 1 aromatic carbocycles. The molecule has 1 aromatic heterocycles. The average Bonchev–Trinajstić information content (AvgIpc) is 2.92. The summed E-state index contributed by atoms with van der Waals surface area (Å²) < 4.78 is 37.6. The first-order valence-electron chi connectivity index (χ1n) is 7.26. The summed E-state index contributed by atoms with van der Waals surface area (Å²) in [5.41, 5.74) is 1.26. The van der Waals surface area contributed by atoms with Gasteiger partial charge in [0.15, 0.2) is 0 Å². The van der Waals surface area contributed by atoms with E-state index < -0.39 is 15.3 Å². The highest BCUT2D eigenvalue weighted by molar-refractivity contribution is 7.85. The second kappa shape index (κ2) is 6.67. The summed E-state index contributed by atoms with van der Waals surface area (Å²) in [7, 11) is -4.35. The third-order valence-electron chi connectivity index (χ3n) is 3.25. The fourth-order valence-electron chi connectivity index (χ4n) is 1.97. The molecule has 0 bridgehead atoms. The Balaban J connectivity index is 1.85. The number of aryl methyl sites for hydroxylation is 1. The number of ether oxygens (including phenoxy) is 1. The normalized spacial score (nSPS) is 12.3. The van der Waals surface area contributed by atoms with Gasteiger partial charge in [0, 0.05) is 13.0 Å². The maximum atomic E-state index is 10.9. The Kier molecular flexibility index (Phi) is 5.06. The summed E-state index contributed by atoms with van der Waals surface area (Å²) in [6.07, 6.45) is 1.90. The van der Waals surface area contributed by atoms with E-state index in [0.29, 0.717) is 19.6 Å². The highest BCUT2D eigenvalue weighted by Gasteiger charge is 2.15. The third-order valence-corrected chi connectivity index (χ3v) is 3.90. The standard InChI is InChI=1S/C15H21N3O4S/c1-15(2,3)12-6-4-7-13(10-12)22-9-5-8-18-11-16-14(17-18)23(19,20)21/h4,6-7,10-11H,5,8-9H2,1-3H3,(H,19,20,21). The van der Waals surface area contributed by atoms with Crippen LogP contribution in [0.25, 0.3) is 0 Å². The Hall–Kier alpha value is -1.93. The minimum absolute atomic E-state index is 0.0618. The third kappa shape index (κ3) is 5.04. The molecular formula is C15H21N3O4S. The average molecular weight is 339 g/mol. The van der Waals surface area contributed by atoms with Crippen LogP contribution in [0.1, 0.15) is 32.8 Å². The molecule has 126 valence electrons. The van der Waals surface area contributed by atoms with Crippen molar-refractivity contribution in [1.29, 1.82) is 0 Å². The summed E-state index contributed by atoms with van der Waals surface area (Å²) in [6.45, 7) is 7.34. The van der Waals surface area contributed by atoms with Gasteiger partial charge in [-0.1, -0.05) is 32.9 Å². The van der Waals surface area contributed by atoms with Gasteiger partial charge in [0.25, 0.3) is 5.16 Å². The van der Waals surface area contributed by atoms with Crippen molar-refractivity contribution in [2.45, 2.75) is 44.3 Å². The Bertz CT molecular complexity index is 763. The fraction of sp³-hybridized carbons (Fsp3) is 0.467. The summed E-state index contributed by atoms with van der Waals surface area (Å²) in [4.78, 5) is 3.54. The molecule has 0 aliphatic heterocycles. The van der Waals surface area contributed by atoms with Gasteiger partial charge >= 0.3 is 10.1 Å². The largest absolute Gasteiger partial charge is 0.494 e. The Morgan fingerprint density at radius 2 is 2.04 bits per heavy atom. The van der Waals surface area contributed by atoms with Gasteiger partial charge in [-0.05, 0) is 23.1 Å². The van der Waals surface area contributed by atoms with Gasteiger partial charge in [-0.25, -0.2) is 4.98 Å². The maximum absolute atomic E-state index is 10.9. The molecule has 0 radical (unpaired) electrons. The van der Waals surface area contributed by atoms with Crippen molar-refractivity contribution in [2.24, 2.45) is 0 Å². The molecule has 2 aromatic rings. The van der Waals surface area contributed by atoms with E-state index >= 15 is 0 Å². The van der Waals surface area contributed by atoms with E-state index in [-0.39, 0.29) is 5.41 Å². The van der Waals surface area contributed by atoms with Crippen molar-refractivity contribution in [3.8, 4) is 5.75 Å². The molecule has 1 heterocycles. The summed E-state index contributed by atoms with van der Waals surface area (Å²) in [5, 5.41) is 3.10. The lowest BCUT2D eigenvalue weighted by Gasteiger charge is -2.19. The maximum Gasteiger partial charge on any atom is 0.332 e. The second-order valence-electron chi connectivity index (χ2n) is 6.25. The first kappa shape index (κ1) is 17.4. The predicted octanol–water partition coefficient (Wildman–Crippen LogP) is 2.29. The molecule has 2 rings (SSSR count). The first-order valence-corrected chi connectivity index (χ1v) is 8.70. The summed E-state index contributed by atoms with van der Waals surface area (Å²) in [6, 6.07) is 7.96. The van der Waals surface area contributed by atoms with Crippen molar-refractivity contribution >= 4 is 10.1 Å². The van der Waals surface area contributed by atoms with E-state index in [2.05, 4.69) is 36.9 Å². The molecule has 0 aliphatic rings. The number of rotatable bonds is 6. The molecule has 0 unspecified atom stereocenters. The van der Waals surface area contributed by atoms with Gasteiger partial charge in [0.1, 0.15) is 12.1 Å². The summed E-state index contributed by atoms with van der Waals surface area (Å²) >= 11 is 0. The van der Waals surface area contributed by atoms with E-state index in [9.17, 15) is 8.42 Å². The predicted molar refractivity (Wildman–Crippen MR) is 85.1 cm³/mol. The van der Waals surface area contributed by atoms with Crippen LogP contribution in [-0.2, 0) is 22.1 Å². The van der Waals surface area contributed by atoms with Gasteiger partial charge in [-0.15, -0.1) is 5.10 Å². The van der Waals surface area contributed by atoms with Crippen LogP contribution in [0.3, 0.4) is 0 Å². The Morgan fingerprint density at radius 1 is 1.30 bits per heavy atom. The first-order chi connectivity index (χ1) is 10.7. The SMILES string of the molecule is CC(C)(C)c1cccc(OCCCn2cnc(S(=O)(=O)O)n2)c1. The van der Waals surface area contributed by atoms with Crippen LogP contribution < -0.4 is 4.74 Å². The van der Waals surface area contributed by atoms with Crippen molar-refractivity contribution in [2.75, 3.05) is 6.61 Å². The van der Waals surface area contributed by atoms with Crippen molar-refractivity contribution < 1.29 is 17.7 Å². The molecule has 0 saturated heterocycles. The topological polar surface area (TPSA) is 94.3 Å². The Morgan fingerprint density at radius 3 is 2.65 bits per heavy atom. The highest BCUT2D eigenvalue weighted by atomic mass is 32.2. The molecule has 23 heavy (non-hydrogen) atoms. The zero-order chi connectivity index (χ0) is 17.1. The number of aromatic nitrogens is 3. The van der Waals surface area contributed by atoms with E-state index in [0.717, 1.165) is 5.75 Å². The molecule has 0 saturated carbocycles. The molecule has 7 nitrogen and oxygen atoms in total. The lowest BCUT2D eigenvalue weighted by molar-refractivity contribution is 0.297. The van der Waals surface area contributed by atoms with E-state index in [1.807, 2.05) is 18.2 Å². The number of nitrogens with zero attached hydrogens (tertiary/aromatic N) is 3. The van der Waals surface area contributed by atoms with Gasteiger partial charge < -0.3 is 4.74 Å². The van der Waals surface area contributed by atoms with Crippen molar-refractivity contribution in [1.82, 2.24) is 14.8 Å². The number of hydrogen-bond acceptors (Lipinski definition) is 5. The fourth-order valence-corrected chi connectivity index (χ4v) is 2.36. The smallest absolute Gasteiger partial charge is 0.332 e. The van der Waals surface area contributed by atoms with Crippen molar-refractivity contribution in [3.05, 3.63) is 36.2 Å². The Labute approximate surface area is 136 Å². The van der Waals surface area contributed by atoms with Crippen LogP contribution in [0.2, 0.25) is 0 Å².